The lowest BCUT2D eigenvalue weighted by Gasteiger charge is -2.12. The van der Waals surface area contributed by atoms with E-state index in [0.29, 0.717) is 0 Å². The van der Waals surface area contributed by atoms with Gasteiger partial charge in [0.2, 0.25) is 0 Å². The molecule has 2 aromatic heterocycles. The maximum Gasteiger partial charge on any atom is 0.190 e. The van der Waals surface area contributed by atoms with Crippen LogP contribution in [-0.4, -0.2) is 35.6 Å². The van der Waals surface area contributed by atoms with Gasteiger partial charge in [-0.1, -0.05) is 18.2 Å². The Bertz CT molecular complexity index is 855. The summed E-state index contributed by atoms with van der Waals surface area (Å²) in [5.74, 6) is 0.873. The van der Waals surface area contributed by atoms with E-state index in [0.717, 1.165) is 50.6 Å². The average molecular weight is 497 g/mol. The lowest BCUT2D eigenvalue weighted by Crippen LogP contribution is -2.38. The summed E-state index contributed by atoms with van der Waals surface area (Å²) in [4.78, 5) is 8.79. The summed E-state index contributed by atoms with van der Waals surface area (Å²) in [6, 6.07) is 10.7. The van der Waals surface area contributed by atoms with Gasteiger partial charge in [-0.2, -0.15) is 0 Å². The monoisotopic (exact) mass is 497 g/mol. The topological polar surface area (TPSA) is 54.2 Å². The summed E-state index contributed by atoms with van der Waals surface area (Å²) in [5, 5.41) is 11.4. The SMILES string of the molecule is CN=C(NCCCc1nc(C)cs1)NCCCn1ccc2ccccc21.I. The molecule has 0 saturated heterocycles. The first kappa shape index (κ1) is 21.7. The van der Waals surface area contributed by atoms with Crippen molar-refractivity contribution >= 4 is 52.2 Å². The lowest BCUT2D eigenvalue weighted by atomic mass is 10.2. The number of benzene rings is 1. The van der Waals surface area contributed by atoms with Gasteiger partial charge in [-0.3, -0.25) is 4.99 Å². The van der Waals surface area contributed by atoms with E-state index >= 15 is 0 Å². The van der Waals surface area contributed by atoms with Crippen LogP contribution in [0.1, 0.15) is 23.5 Å². The molecular weight excluding hydrogens is 469 g/mol. The maximum atomic E-state index is 4.50. The van der Waals surface area contributed by atoms with Crippen LogP contribution in [0.3, 0.4) is 0 Å². The van der Waals surface area contributed by atoms with Gasteiger partial charge in [0.1, 0.15) is 0 Å². The number of guanidine groups is 1. The van der Waals surface area contributed by atoms with Crippen LogP contribution in [0.2, 0.25) is 0 Å². The van der Waals surface area contributed by atoms with Crippen LogP contribution in [-0.2, 0) is 13.0 Å². The third kappa shape index (κ3) is 6.49. The van der Waals surface area contributed by atoms with Crippen molar-refractivity contribution in [2.45, 2.75) is 32.7 Å². The fourth-order valence-electron chi connectivity index (χ4n) is 2.98. The number of hydrogen-bond acceptors (Lipinski definition) is 3. The highest BCUT2D eigenvalue weighted by atomic mass is 127. The third-order valence-electron chi connectivity index (χ3n) is 4.30. The number of para-hydroxylation sites is 1. The highest BCUT2D eigenvalue weighted by Gasteiger charge is 2.02. The zero-order valence-corrected chi connectivity index (χ0v) is 19.1. The van der Waals surface area contributed by atoms with Crippen LogP contribution in [0, 0.1) is 6.92 Å². The third-order valence-corrected chi connectivity index (χ3v) is 5.32. The first-order valence-corrected chi connectivity index (χ1v) is 10.0. The number of rotatable bonds is 8. The van der Waals surface area contributed by atoms with E-state index in [4.69, 9.17) is 0 Å². The van der Waals surface area contributed by atoms with E-state index in [1.54, 1.807) is 11.3 Å². The molecule has 0 aliphatic rings. The Kier molecular flexibility index (Phi) is 9.06. The Morgan fingerprint density at radius 3 is 2.67 bits per heavy atom. The minimum Gasteiger partial charge on any atom is -0.356 e. The van der Waals surface area contributed by atoms with Crippen molar-refractivity contribution in [3.05, 3.63) is 52.6 Å². The molecule has 0 saturated carbocycles. The van der Waals surface area contributed by atoms with E-state index in [2.05, 4.69) is 67.1 Å². The van der Waals surface area contributed by atoms with E-state index in [1.165, 1.54) is 15.9 Å². The van der Waals surface area contributed by atoms with Gasteiger partial charge in [-0.25, -0.2) is 4.98 Å². The lowest BCUT2D eigenvalue weighted by molar-refractivity contribution is 0.638. The minimum atomic E-state index is 0. The van der Waals surface area contributed by atoms with Crippen LogP contribution in [0.15, 0.2) is 46.9 Å². The molecule has 0 aliphatic carbocycles. The quantitative estimate of drug-likeness (QED) is 0.212. The number of aliphatic imine (C=N–C) groups is 1. The van der Waals surface area contributed by atoms with Gasteiger partial charge in [-0.15, -0.1) is 35.3 Å². The van der Waals surface area contributed by atoms with E-state index < -0.39 is 0 Å². The molecule has 0 fully saturated rings. The molecule has 1 aromatic carbocycles. The molecule has 0 spiro atoms. The van der Waals surface area contributed by atoms with Crippen molar-refractivity contribution in [3.63, 3.8) is 0 Å². The molecule has 2 N–H and O–H groups in total. The zero-order chi connectivity index (χ0) is 18.2. The molecule has 2 heterocycles. The molecule has 27 heavy (non-hydrogen) atoms. The number of nitrogens with one attached hydrogen (secondary N) is 2. The second kappa shape index (κ2) is 11.3. The first-order valence-electron chi connectivity index (χ1n) is 9.15. The predicted octanol–water partition coefficient (Wildman–Crippen LogP) is 4.21. The minimum absolute atomic E-state index is 0. The standard InChI is InChI=1S/C20H27N5S.HI/c1-16-15-26-19(24-16)9-5-11-22-20(21-2)23-12-6-13-25-14-10-17-7-3-4-8-18(17)25;/h3-4,7-8,10,14-15H,5-6,9,11-13H2,1-2H3,(H2,21,22,23);1H. The smallest absolute Gasteiger partial charge is 0.190 e. The molecule has 0 aliphatic heterocycles. The Balaban J connectivity index is 0.00000261. The van der Waals surface area contributed by atoms with Crippen molar-refractivity contribution in [1.82, 2.24) is 20.2 Å². The Labute approximate surface area is 182 Å². The van der Waals surface area contributed by atoms with E-state index in [1.807, 2.05) is 14.0 Å². The second-order valence-corrected chi connectivity index (χ2v) is 7.28. The summed E-state index contributed by atoms with van der Waals surface area (Å²) in [6.07, 6.45) is 5.29. The van der Waals surface area contributed by atoms with Crippen molar-refractivity contribution in [1.29, 1.82) is 0 Å². The fraction of sp³-hybridized carbons (Fsp3) is 0.400. The number of nitrogens with zero attached hydrogens (tertiary/aromatic N) is 3. The van der Waals surface area contributed by atoms with Gasteiger partial charge in [0.15, 0.2) is 5.96 Å². The Morgan fingerprint density at radius 1 is 1.15 bits per heavy atom. The van der Waals surface area contributed by atoms with Gasteiger partial charge in [0, 0.05) is 55.9 Å². The molecule has 0 bridgehead atoms. The molecule has 7 heteroatoms. The summed E-state index contributed by atoms with van der Waals surface area (Å²) in [7, 11) is 1.82. The number of fused-ring (bicyclic) bond motifs is 1. The molecule has 0 radical (unpaired) electrons. The van der Waals surface area contributed by atoms with Crippen LogP contribution >= 0.6 is 35.3 Å². The Hall–Kier alpha value is -1.61. The maximum absolute atomic E-state index is 4.50. The molecular formula is C20H28IN5S. The van der Waals surface area contributed by atoms with Crippen LogP contribution in [0.5, 0.6) is 0 Å². The normalized spacial score (nSPS) is 11.4. The summed E-state index contributed by atoms with van der Waals surface area (Å²) >= 11 is 1.74. The van der Waals surface area contributed by atoms with Crippen molar-refractivity contribution < 1.29 is 0 Å². The second-order valence-electron chi connectivity index (χ2n) is 6.33. The van der Waals surface area contributed by atoms with Gasteiger partial charge >= 0.3 is 0 Å². The van der Waals surface area contributed by atoms with Gasteiger partial charge < -0.3 is 15.2 Å². The number of thiazole rings is 1. The first-order chi connectivity index (χ1) is 12.8. The van der Waals surface area contributed by atoms with Crippen molar-refractivity contribution in [3.8, 4) is 0 Å². The van der Waals surface area contributed by atoms with Crippen molar-refractivity contribution in [2.24, 2.45) is 4.99 Å². The van der Waals surface area contributed by atoms with E-state index in [-0.39, 0.29) is 24.0 Å². The summed E-state index contributed by atoms with van der Waals surface area (Å²) < 4.78 is 2.31. The molecule has 5 nitrogen and oxygen atoms in total. The number of hydrogen-bond donors (Lipinski definition) is 2. The molecule has 0 atom stereocenters. The average Bonchev–Trinajstić information content (AvgIpc) is 3.26. The van der Waals surface area contributed by atoms with Crippen molar-refractivity contribution in [2.75, 3.05) is 20.1 Å². The largest absolute Gasteiger partial charge is 0.356 e. The number of halogens is 1. The van der Waals surface area contributed by atoms with Crippen LogP contribution in [0.25, 0.3) is 10.9 Å². The van der Waals surface area contributed by atoms with Gasteiger partial charge in [-0.05, 0) is 37.3 Å². The van der Waals surface area contributed by atoms with Crippen LogP contribution in [0.4, 0.5) is 0 Å². The zero-order valence-electron chi connectivity index (χ0n) is 15.9. The van der Waals surface area contributed by atoms with Gasteiger partial charge in [0.05, 0.1) is 5.01 Å². The highest BCUT2D eigenvalue weighted by molar-refractivity contribution is 14.0. The number of aromatic nitrogens is 2. The fourth-order valence-corrected chi connectivity index (χ4v) is 3.79. The molecule has 3 rings (SSSR count). The molecule has 0 amide bonds. The van der Waals surface area contributed by atoms with E-state index in [9.17, 15) is 0 Å². The molecule has 146 valence electrons. The van der Waals surface area contributed by atoms with Gasteiger partial charge in [0.25, 0.3) is 0 Å². The molecule has 3 aromatic rings. The van der Waals surface area contributed by atoms with Crippen LogP contribution < -0.4 is 10.6 Å². The Morgan fingerprint density at radius 2 is 1.93 bits per heavy atom. The summed E-state index contributed by atoms with van der Waals surface area (Å²) in [5.41, 5.74) is 2.42. The highest BCUT2D eigenvalue weighted by Crippen LogP contribution is 2.15. The molecule has 0 unspecified atom stereocenters. The summed E-state index contributed by atoms with van der Waals surface area (Å²) in [6.45, 7) is 4.85. The number of aryl methyl sites for hydroxylation is 3. The predicted molar refractivity (Wildman–Crippen MR) is 127 cm³/mol.